The van der Waals surface area contributed by atoms with Gasteiger partial charge in [-0.3, -0.25) is 4.79 Å². The van der Waals surface area contributed by atoms with Crippen LogP contribution in [0.2, 0.25) is 0 Å². The highest BCUT2D eigenvalue weighted by molar-refractivity contribution is 6.54. The average Bonchev–Trinajstić information content (AvgIpc) is 2.56. The van der Waals surface area contributed by atoms with Crippen molar-refractivity contribution >= 4 is 13.0 Å². The second-order valence-corrected chi connectivity index (χ2v) is 7.95. The molecule has 1 N–H and O–H groups in total. The zero-order chi connectivity index (χ0) is 16.8. The summed E-state index contributed by atoms with van der Waals surface area (Å²) in [5, 5.41) is 9.76. The maximum absolute atomic E-state index is 12.1. The standard InChI is InChI=1S/C16H28BNO4/c1-14(2,20)11-13(19)18-9-7-12(8-10-18)17-21-15(3,4)16(5,6)22-17/h7,20H,8-11H2,1-6H3. The second-order valence-electron chi connectivity index (χ2n) is 7.95. The van der Waals surface area contributed by atoms with Gasteiger partial charge in [0.1, 0.15) is 0 Å². The molecule has 0 aromatic rings. The lowest BCUT2D eigenvalue weighted by Gasteiger charge is -2.32. The zero-order valence-electron chi connectivity index (χ0n) is 14.6. The fraction of sp³-hybridized carbons (Fsp3) is 0.812. The summed E-state index contributed by atoms with van der Waals surface area (Å²) in [6.45, 7) is 12.6. The van der Waals surface area contributed by atoms with Gasteiger partial charge >= 0.3 is 7.12 Å². The minimum absolute atomic E-state index is 0.0169. The third-order valence-corrected chi connectivity index (χ3v) is 4.74. The highest BCUT2D eigenvalue weighted by atomic mass is 16.7. The van der Waals surface area contributed by atoms with Crippen LogP contribution < -0.4 is 0 Å². The Morgan fingerprint density at radius 3 is 2.27 bits per heavy atom. The van der Waals surface area contributed by atoms with E-state index in [4.69, 9.17) is 9.31 Å². The Labute approximate surface area is 133 Å². The molecule has 0 aromatic heterocycles. The van der Waals surface area contributed by atoms with Gasteiger partial charge in [-0.2, -0.15) is 0 Å². The van der Waals surface area contributed by atoms with Crippen molar-refractivity contribution in [2.75, 3.05) is 13.1 Å². The van der Waals surface area contributed by atoms with Gasteiger partial charge in [0.15, 0.2) is 0 Å². The van der Waals surface area contributed by atoms with Crippen LogP contribution >= 0.6 is 0 Å². The molecule has 0 aliphatic carbocycles. The van der Waals surface area contributed by atoms with Crippen molar-refractivity contribution in [3.63, 3.8) is 0 Å². The monoisotopic (exact) mass is 309 g/mol. The Morgan fingerprint density at radius 1 is 1.32 bits per heavy atom. The Kier molecular flexibility index (Phi) is 4.50. The number of hydrogen-bond donors (Lipinski definition) is 1. The molecule has 0 spiro atoms. The van der Waals surface area contributed by atoms with Crippen LogP contribution in [0.25, 0.3) is 0 Å². The van der Waals surface area contributed by atoms with Gasteiger partial charge in [-0.25, -0.2) is 0 Å². The van der Waals surface area contributed by atoms with E-state index < -0.39 is 5.60 Å². The Morgan fingerprint density at radius 2 is 1.86 bits per heavy atom. The molecule has 0 aromatic carbocycles. The van der Waals surface area contributed by atoms with Gasteiger partial charge in [-0.05, 0) is 53.4 Å². The van der Waals surface area contributed by atoms with Gasteiger partial charge in [0.05, 0.1) is 23.2 Å². The summed E-state index contributed by atoms with van der Waals surface area (Å²) < 4.78 is 12.1. The smallest absolute Gasteiger partial charge is 0.400 e. The van der Waals surface area contributed by atoms with E-state index in [0.717, 1.165) is 11.9 Å². The van der Waals surface area contributed by atoms with Crippen molar-refractivity contribution in [2.45, 2.75) is 71.2 Å². The third-order valence-electron chi connectivity index (χ3n) is 4.74. The number of carbonyl (C=O) groups excluding carboxylic acids is 1. The van der Waals surface area contributed by atoms with E-state index in [9.17, 15) is 9.90 Å². The van der Waals surface area contributed by atoms with Crippen molar-refractivity contribution < 1.29 is 19.2 Å². The van der Waals surface area contributed by atoms with E-state index in [1.54, 1.807) is 18.7 Å². The first kappa shape index (κ1) is 17.5. The van der Waals surface area contributed by atoms with Gasteiger partial charge in [0.2, 0.25) is 5.91 Å². The molecular weight excluding hydrogens is 281 g/mol. The molecule has 0 atom stereocenters. The minimum atomic E-state index is -0.965. The van der Waals surface area contributed by atoms with Crippen LogP contribution in [0.1, 0.15) is 54.4 Å². The summed E-state index contributed by atoms with van der Waals surface area (Å²) in [7, 11) is -0.323. The molecule has 0 radical (unpaired) electrons. The maximum atomic E-state index is 12.1. The summed E-state index contributed by atoms with van der Waals surface area (Å²) in [6, 6.07) is 0. The molecule has 2 rings (SSSR count). The van der Waals surface area contributed by atoms with Crippen molar-refractivity contribution in [2.24, 2.45) is 0 Å². The van der Waals surface area contributed by atoms with E-state index in [2.05, 4.69) is 0 Å². The SMILES string of the molecule is CC(C)(O)CC(=O)N1CC=C(B2OC(C)(C)C(C)(C)O2)CC1. The molecule has 0 unspecified atom stereocenters. The number of aliphatic hydroxyl groups is 1. The number of nitrogens with zero attached hydrogens (tertiary/aromatic N) is 1. The van der Waals surface area contributed by atoms with Crippen molar-refractivity contribution in [1.29, 1.82) is 0 Å². The first-order valence-corrected chi connectivity index (χ1v) is 7.96. The minimum Gasteiger partial charge on any atom is -0.400 e. The highest BCUT2D eigenvalue weighted by Crippen LogP contribution is 2.39. The summed E-state index contributed by atoms with van der Waals surface area (Å²) in [4.78, 5) is 13.9. The van der Waals surface area contributed by atoms with Gasteiger partial charge in [0, 0.05) is 13.1 Å². The molecule has 2 heterocycles. The topological polar surface area (TPSA) is 59.0 Å². The first-order valence-electron chi connectivity index (χ1n) is 7.96. The highest BCUT2D eigenvalue weighted by Gasteiger charge is 2.52. The van der Waals surface area contributed by atoms with Crippen molar-refractivity contribution in [3.05, 3.63) is 11.5 Å². The van der Waals surface area contributed by atoms with Crippen LogP contribution in [-0.2, 0) is 14.1 Å². The second kappa shape index (κ2) is 5.66. The molecular formula is C16H28BNO4. The van der Waals surface area contributed by atoms with Gasteiger partial charge in [-0.1, -0.05) is 6.08 Å². The number of amides is 1. The number of carbonyl (C=O) groups is 1. The molecule has 2 aliphatic heterocycles. The molecule has 6 heteroatoms. The van der Waals surface area contributed by atoms with Crippen LogP contribution in [-0.4, -0.2) is 52.9 Å². The molecule has 22 heavy (non-hydrogen) atoms. The van der Waals surface area contributed by atoms with E-state index in [-0.39, 0.29) is 30.6 Å². The zero-order valence-corrected chi connectivity index (χ0v) is 14.6. The molecule has 0 saturated carbocycles. The predicted octanol–water partition coefficient (Wildman–Crippen LogP) is 1.94. The van der Waals surface area contributed by atoms with E-state index in [0.29, 0.717) is 13.1 Å². The van der Waals surface area contributed by atoms with Crippen LogP contribution in [0.5, 0.6) is 0 Å². The van der Waals surface area contributed by atoms with Crippen LogP contribution in [0.4, 0.5) is 0 Å². The molecule has 1 saturated heterocycles. The Bertz CT molecular complexity index is 463. The molecule has 0 bridgehead atoms. The number of rotatable bonds is 3. The fourth-order valence-electron chi connectivity index (χ4n) is 2.60. The Balaban J connectivity index is 1.97. The largest absolute Gasteiger partial charge is 0.490 e. The van der Waals surface area contributed by atoms with Crippen LogP contribution in [0.3, 0.4) is 0 Å². The summed E-state index contributed by atoms with van der Waals surface area (Å²) in [6.07, 6.45) is 2.91. The summed E-state index contributed by atoms with van der Waals surface area (Å²) in [5.74, 6) is -0.0169. The molecule has 5 nitrogen and oxygen atoms in total. The molecule has 124 valence electrons. The lowest BCUT2D eigenvalue weighted by atomic mass is 9.74. The summed E-state index contributed by atoms with van der Waals surface area (Å²) in [5.41, 5.74) is -0.545. The van der Waals surface area contributed by atoms with E-state index >= 15 is 0 Å². The summed E-state index contributed by atoms with van der Waals surface area (Å²) >= 11 is 0. The van der Waals surface area contributed by atoms with Gasteiger partial charge in [0.25, 0.3) is 0 Å². The first-order chi connectivity index (χ1) is 9.91. The third kappa shape index (κ3) is 3.73. The molecule has 2 aliphatic rings. The molecule has 1 amide bonds. The van der Waals surface area contributed by atoms with Crippen LogP contribution in [0, 0.1) is 0 Å². The lowest BCUT2D eigenvalue weighted by molar-refractivity contribution is -0.134. The average molecular weight is 309 g/mol. The van der Waals surface area contributed by atoms with Gasteiger partial charge in [-0.15, -0.1) is 0 Å². The van der Waals surface area contributed by atoms with E-state index in [1.165, 1.54) is 0 Å². The normalized spacial score (nSPS) is 24.4. The van der Waals surface area contributed by atoms with E-state index in [1.807, 2.05) is 33.8 Å². The van der Waals surface area contributed by atoms with Crippen LogP contribution in [0.15, 0.2) is 11.5 Å². The quantitative estimate of drug-likeness (QED) is 0.810. The van der Waals surface area contributed by atoms with Crippen molar-refractivity contribution in [1.82, 2.24) is 4.90 Å². The maximum Gasteiger partial charge on any atom is 0.490 e. The molecule has 1 fully saturated rings. The predicted molar refractivity (Wildman–Crippen MR) is 86.3 cm³/mol. The number of hydrogen-bond acceptors (Lipinski definition) is 4. The fourth-order valence-corrected chi connectivity index (χ4v) is 2.60. The Hall–Kier alpha value is -0.845. The van der Waals surface area contributed by atoms with Crippen molar-refractivity contribution in [3.8, 4) is 0 Å². The lowest BCUT2D eigenvalue weighted by Crippen LogP contribution is -2.41. The van der Waals surface area contributed by atoms with Gasteiger partial charge < -0.3 is 19.3 Å².